The van der Waals surface area contributed by atoms with E-state index in [1.165, 1.54) is 23.4 Å². The molecule has 0 spiro atoms. The first-order chi connectivity index (χ1) is 10.4. The molecule has 2 atom stereocenters. The molecule has 0 aromatic heterocycles. The second kappa shape index (κ2) is 6.46. The van der Waals surface area contributed by atoms with E-state index < -0.39 is 28.1 Å². The van der Waals surface area contributed by atoms with Crippen LogP contribution in [-0.2, 0) is 19.6 Å². The number of hydrogen-bond donors (Lipinski definition) is 0. The first-order valence-electron chi connectivity index (χ1n) is 7.05. The molecule has 118 valence electrons. The number of sulfonamides is 1. The van der Waals surface area contributed by atoms with Crippen molar-refractivity contribution in [2.24, 2.45) is 0 Å². The van der Waals surface area contributed by atoms with Crippen LogP contribution in [0, 0.1) is 18.3 Å². The lowest BCUT2D eigenvalue weighted by Crippen LogP contribution is -2.42. The van der Waals surface area contributed by atoms with Crippen molar-refractivity contribution in [3.05, 3.63) is 29.8 Å². The van der Waals surface area contributed by atoms with Crippen LogP contribution in [0.1, 0.15) is 25.3 Å². The number of aryl methyl sites for hydroxylation is 1. The number of carbonyl (C=O) groups is 1. The Morgan fingerprint density at radius 2 is 2.05 bits per heavy atom. The highest BCUT2D eigenvalue weighted by Crippen LogP contribution is 2.27. The first kappa shape index (κ1) is 16.5. The summed E-state index contributed by atoms with van der Waals surface area (Å²) < 4.78 is 31.5. The molecular formula is C15H18N2O4S. The van der Waals surface area contributed by atoms with E-state index >= 15 is 0 Å². The molecule has 22 heavy (non-hydrogen) atoms. The molecule has 0 N–H and O–H groups in total. The van der Waals surface area contributed by atoms with E-state index in [0.717, 1.165) is 5.56 Å². The zero-order valence-corrected chi connectivity index (χ0v) is 13.3. The van der Waals surface area contributed by atoms with E-state index in [9.17, 15) is 13.2 Å². The van der Waals surface area contributed by atoms with Gasteiger partial charge in [-0.25, -0.2) is 8.42 Å². The Bertz CT molecular complexity index is 691. The highest BCUT2D eigenvalue weighted by molar-refractivity contribution is 7.89. The Hall–Kier alpha value is -1.91. The van der Waals surface area contributed by atoms with Crippen molar-refractivity contribution in [3.63, 3.8) is 0 Å². The number of ether oxygens (including phenoxy) is 1. The smallest absolute Gasteiger partial charge is 0.325 e. The Morgan fingerprint density at radius 3 is 2.64 bits per heavy atom. The van der Waals surface area contributed by atoms with E-state index in [1.807, 2.05) is 6.92 Å². The lowest BCUT2D eigenvalue weighted by Gasteiger charge is -2.23. The second-order valence-corrected chi connectivity index (χ2v) is 7.19. The zero-order chi connectivity index (χ0) is 16.3. The van der Waals surface area contributed by atoms with E-state index in [-0.39, 0.29) is 11.4 Å². The van der Waals surface area contributed by atoms with Crippen LogP contribution in [0.5, 0.6) is 0 Å². The third-order valence-electron chi connectivity index (χ3n) is 3.58. The summed E-state index contributed by atoms with van der Waals surface area (Å²) in [6, 6.07) is 7.44. The average molecular weight is 322 g/mol. The lowest BCUT2D eigenvalue weighted by molar-refractivity contribution is -0.149. The van der Waals surface area contributed by atoms with Gasteiger partial charge in [-0.15, -0.1) is 0 Å². The third-order valence-corrected chi connectivity index (χ3v) is 5.50. The summed E-state index contributed by atoms with van der Waals surface area (Å²) in [7, 11) is -3.74. The van der Waals surface area contributed by atoms with Crippen LogP contribution >= 0.6 is 0 Å². The lowest BCUT2D eigenvalue weighted by atomic mass is 10.2. The molecule has 2 rings (SSSR count). The van der Waals surface area contributed by atoms with Gasteiger partial charge in [0.2, 0.25) is 10.0 Å². The standard InChI is InChI=1S/C15H18N2O4S/c1-11-5-7-13(8-6-11)22(19,20)17-9-3-4-14(17)15(18)21-12(2)10-16/h5-8,12,14H,3-4,9H2,1-2H3/t12-,14-/m0/s1. The van der Waals surface area contributed by atoms with Crippen LogP contribution in [-0.4, -0.2) is 37.4 Å². The van der Waals surface area contributed by atoms with Crippen molar-refractivity contribution in [1.82, 2.24) is 4.31 Å². The summed E-state index contributed by atoms with van der Waals surface area (Å²) in [5.41, 5.74) is 0.958. The molecule has 0 aliphatic carbocycles. The maximum atomic E-state index is 12.7. The molecule has 1 aliphatic rings. The van der Waals surface area contributed by atoms with Crippen LogP contribution in [0.4, 0.5) is 0 Å². The van der Waals surface area contributed by atoms with Gasteiger partial charge in [-0.2, -0.15) is 9.57 Å². The van der Waals surface area contributed by atoms with Crippen LogP contribution in [0.25, 0.3) is 0 Å². The average Bonchev–Trinajstić information content (AvgIpc) is 2.97. The fourth-order valence-electron chi connectivity index (χ4n) is 2.39. The Labute approximate surface area is 130 Å². The van der Waals surface area contributed by atoms with E-state index in [4.69, 9.17) is 10.00 Å². The van der Waals surface area contributed by atoms with E-state index in [0.29, 0.717) is 12.8 Å². The number of hydrogen-bond acceptors (Lipinski definition) is 5. The summed E-state index contributed by atoms with van der Waals surface area (Å²) in [6.07, 6.45) is 0.102. The molecule has 7 heteroatoms. The molecule has 1 aromatic rings. The summed E-state index contributed by atoms with van der Waals surface area (Å²) >= 11 is 0. The van der Waals surface area contributed by atoms with Crippen molar-refractivity contribution in [2.75, 3.05) is 6.54 Å². The Balaban J connectivity index is 2.24. The number of nitriles is 1. The van der Waals surface area contributed by atoms with Crippen molar-refractivity contribution in [2.45, 2.75) is 43.7 Å². The maximum absolute atomic E-state index is 12.7. The molecule has 0 bridgehead atoms. The van der Waals surface area contributed by atoms with Gasteiger partial charge >= 0.3 is 5.97 Å². The monoisotopic (exact) mass is 322 g/mol. The first-order valence-corrected chi connectivity index (χ1v) is 8.49. The second-order valence-electron chi connectivity index (χ2n) is 5.30. The molecule has 1 saturated heterocycles. The highest BCUT2D eigenvalue weighted by atomic mass is 32.2. The SMILES string of the molecule is Cc1ccc(S(=O)(=O)N2CCC[C@H]2C(=O)O[C@@H](C)C#N)cc1. The van der Waals surface area contributed by atoms with Crippen molar-refractivity contribution >= 4 is 16.0 Å². The van der Waals surface area contributed by atoms with E-state index in [1.54, 1.807) is 18.2 Å². The van der Waals surface area contributed by atoms with Gasteiger partial charge in [0.25, 0.3) is 0 Å². The quantitative estimate of drug-likeness (QED) is 0.786. The summed E-state index contributed by atoms with van der Waals surface area (Å²) in [6.45, 7) is 3.60. The summed E-state index contributed by atoms with van der Waals surface area (Å²) in [5, 5.41) is 8.70. The number of benzene rings is 1. The molecule has 0 saturated carbocycles. The minimum Gasteiger partial charge on any atom is -0.446 e. The summed E-state index contributed by atoms with van der Waals surface area (Å²) in [4.78, 5) is 12.2. The molecule has 1 aliphatic heterocycles. The van der Waals surface area contributed by atoms with Gasteiger partial charge in [-0.3, -0.25) is 4.79 Å². The van der Waals surface area contributed by atoms with Crippen LogP contribution in [0.3, 0.4) is 0 Å². The van der Waals surface area contributed by atoms with Crippen LogP contribution in [0.2, 0.25) is 0 Å². The molecule has 1 heterocycles. The molecule has 1 aromatic carbocycles. The fourth-order valence-corrected chi connectivity index (χ4v) is 4.03. The van der Waals surface area contributed by atoms with Gasteiger partial charge in [0.1, 0.15) is 12.1 Å². The minimum atomic E-state index is -3.74. The Kier molecular flexibility index (Phi) is 4.84. The predicted molar refractivity (Wildman–Crippen MR) is 79.3 cm³/mol. The third kappa shape index (κ3) is 3.29. The number of carbonyl (C=O) groups excluding carboxylic acids is 1. The molecule has 0 unspecified atom stereocenters. The Morgan fingerprint density at radius 1 is 1.41 bits per heavy atom. The highest BCUT2D eigenvalue weighted by Gasteiger charge is 2.40. The largest absolute Gasteiger partial charge is 0.446 e. The molecule has 0 radical (unpaired) electrons. The van der Waals surface area contributed by atoms with Crippen molar-refractivity contribution in [1.29, 1.82) is 5.26 Å². The molecular weight excluding hydrogens is 304 g/mol. The van der Waals surface area contributed by atoms with Gasteiger partial charge < -0.3 is 4.74 Å². The maximum Gasteiger partial charge on any atom is 0.325 e. The van der Waals surface area contributed by atoms with Gasteiger partial charge in [0, 0.05) is 6.54 Å². The number of rotatable bonds is 4. The van der Waals surface area contributed by atoms with Crippen LogP contribution in [0.15, 0.2) is 29.2 Å². The van der Waals surface area contributed by atoms with Crippen molar-refractivity contribution in [3.8, 4) is 6.07 Å². The topological polar surface area (TPSA) is 87.5 Å². The van der Waals surface area contributed by atoms with Crippen LogP contribution < -0.4 is 0 Å². The normalized spacial score (nSPS) is 20.3. The predicted octanol–water partition coefficient (Wildman–Crippen LogP) is 1.60. The number of nitrogens with zero attached hydrogens (tertiary/aromatic N) is 2. The van der Waals surface area contributed by atoms with Crippen molar-refractivity contribution < 1.29 is 17.9 Å². The zero-order valence-electron chi connectivity index (χ0n) is 12.5. The van der Waals surface area contributed by atoms with E-state index in [2.05, 4.69) is 0 Å². The fraction of sp³-hybridized carbons (Fsp3) is 0.467. The van der Waals surface area contributed by atoms with Gasteiger partial charge in [-0.05, 0) is 38.8 Å². The molecule has 0 amide bonds. The van der Waals surface area contributed by atoms with Gasteiger partial charge in [-0.1, -0.05) is 17.7 Å². The van der Waals surface area contributed by atoms with Gasteiger partial charge in [0.05, 0.1) is 4.90 Å². The number of esters is 1. The summed E-state index contributed by atoms with van der Waals surface area (Å²) in [5.74, 6) is -0.665. The molecule has 1 fully saturated rings. The minimum absolute atomic E-state index is 0.158. The molecule has 6 nitrogen and oxygen atoms in total. The van der Waals surface area contributed by atoms with Gasteiger partial charge in [0.15, 0.2) is 6.10 Å².